The normalized spacial score (nSPS) is 11.7. The van der Waals surface area contributed by atoms with Crippen LogP contribution in [0, 0.1) is 0 Å². The Kier molecular flexibility index (Phi) is 4.31. The smallest absolute Gasteiger partial charge is 0.396 e. The summed E-state index contributed by atoms with van der Waals surface area (Å²) in [6.45, 7) is 1.76. The van der Waals surface area contributed by atoms with Crippen molar-refractivity contribution >= 4 is 23.5 Å². The van der Waals surface area contributed by atoms with E-state index in [1.807, 2.05) is 6.07 Å². The Hall–Kier alpha value is -1.55. The molecule has 86 valence electrons. The summed E-state index contributed by atoms with van der Waals surface area (Å²) in [6.07, 6.45) is 0. The number of ether oxygens (including phenoxy) is 1. The molecule has 0 radical (unpaired) electrons. The molecular formula is C11H12ClNO3. The standard InChI is InChI=1S/C11H12ClNO3/c1-7(13-10(14)11(15)16-2)8-4-3-5-9(12)6-8/h3-7H,1-2H3,(H,13,14). The fraction of sp³-hybridized carbons (Fsp3) is 0.273. The van der Waals surface area contributed by atoms with Crippen LogP contribution in [0.1, 0.15) is 18.5 Å². The number of benzene rings is 1. The van der Waals surface area contributed by atoms with Crippen LogP contribution in [0.2, 0.25) is 5.02 Å². The van der Waals surface area contributed by atoms with Gasteiger partial charge < -0.3 is 10.1 Å². The van der Waals surface area contributed by atoms with Crippen LogP contribution in [-0.4, -0.2) is 19.0 Å². The van der Waals surface area contributed by atoms with Crippen molar-refractivity contribution in [2.24, 2.45) is 0 Å². The highest BCUT2D eigenvalue weighted by Crippen LogP contribution is 2.17. The number of esters is 1. The van der Waals surface area contributed by atoms with E-state index < -0.39 is 11.9 Å². The first kappa shape index (κ1) is 12.5. The molecule has 0 aliphatic rings. The second-order valence-corrected chi connectivity index (χ2v) is 3.68. The Balaban J connectivity index is 2.69. The van der Waals surface area contributed by atoms with Crippen molar-refractivity contribution in [1.82, 2.24) is 5.32 Å². The van der Waals surface area contributed by atoms with Gasteiger partial charge in [-0.3, -0.25) is 4.79 Å². The predicted molar refractivity (Wildman–Crippen MR) is 60.0 cm³/mol. The average Bonchev–Trinajstić information content (AvgIpc) is 2.27. The molecule has 0 spiro atoms. The summed E-state index contributed by atoms with van der Waals surface area (Å²) in [5.74, 6) is -1.68. The van der Waals surface area contributed by atoms with E-state index in [2.05, 4.69) is 10.1 Å². The van der Waals surface area contributed by atoms with Crippen molar-refractivity contribution in [2.75, 3.05) is 7.11 Å². The molecule has 0 aromatic heterocycles. The lowest BCUT2D eigenvalue weighted by molar-refractivity contribution is -0.153. The molecule has 0 fully saturated rings. The first-order valence-corrected chi connectivity index (χ1v) is 5.06. The van der Waals surface area contributed by atoms with E-state index in [-0.39, 0.29) is 6.04 Å². The summed E-state index contributed by atoms with van der Waals surface area (Å²) in [5.41, 5.74) is 0.824. The van der Waals surface area contributed by atoms with E-state index in [1.54, 1.807) is 25.1 Å². The van der Waals surface area contributed by atoms with Crippen molar-refractivity contribution in [3.8, 4) is 0 Å². The summed E-state index contributed by atoms with van der Waals surface area (Å²) in [5, 5.41) is 3.08. The van der Waals surface area contributed by atoms with Gasteiger partial charge in [-0.05, 0) is 24.6 Å². The number of rotatable bonds is 2. The highest BCUT2D eigenvalue weighted by molar-refractivity contribution is 6.32. The number of hydrogen-bond donors (Lipinski definition) is 1. The molecule has 1 aromatic rings. The zero-order valence-electron chi connectivity index (χ0n) is 8.99. The fourth-order valence-corrected chi connectivity index (χ4v) is 1.41. The molecule has 4 nitrogen and oxygen atoms in total. The van der Waals surface area contributed by atoms with Gasteiger partial charge in [-0.2, -0.15) is 0 Å². The molecule has 1 rings (SSSR count). The molecule has 0 aliphatic heterocycles. The molecule has 1 N–H and O–H groups in total. The molecule has 0 aliphatic carbocycles. The van der Waals surface area contributed by atoms with Crippen molar-refractivity contribution in [3.05, 3.63) is 34.9 Å². The Morgan fingerprint density at radius 1 is 1.44 bits per heavy atom. The fourth-order valence-electron chi connectivity index (χ4n) is 1.21. The van der Waals surface area contributed by atoms with Crippen LogP contribution in [-0.2, 0) is 14.3 Å². The van der Waals surface area contributed by atoms with Gasteiger partial charge in [-0.15, -0.1) is 0 Å². The van der Waals surface area contributed by atoms with Crippen molar-refractivity contribution in [2.45, 2.75) is 13.0 Å². The van der Waals surface area contributed by atoms with E-state index in [0.29, 0.717) is 5.02 Å². The van der Waals surface area contributed by atoms with E-state index in [0.717, 1.165) is 12.7 Å². The monoisotopic (exact) mass is 241 g/mol. The Labute approximate surface area is 98.5 Å². The van der Waals surface area contributed by atoms with E-state index in [4.69, 9.17) is 11.6 Å². The third-order valence-electron chi connectivity index (χ3n) is 2.07. The lowest BCUT2D eigenvalue weighted by Crippen LogP contribution is -2.33. The van der Waals surface area contributed by atoms with Crippen molar-refractivity contribution in [1.29, 1.82) is 0 Å². The van der Waals surface area contributed by atoms with Gasteiger partial charge in [-0.1, -0.05) is 23.7 Å². The lowest BCUT2D eigenvalue weighted by Gasteiger charge is -2.13. The van der Waals surface area contributed by atoms with Gasteiger partial charge in [0.1, 0.15) is 0 Å². The number of nitrogens with one attached hydrogen (secondary N) is 1. The topological polar surface area (TPSA) is 55.4 Å². The second-order valence-electron chi connectivity index (χ2n) is 3.24. The van der Waals surface area contributed by atoms with Crippen LogP contribution in [0.15, 0.2) is 24.3 Å². The molecule has 1 unspecified atom stereocenters. The van der Waals surface area contributed by atoms with Gasteiger partial charge in [0, 0.05) is 5.02 Å². The highest BCUT2D eigenvalue weighted by atomic mass is 35.5. The number of amides is 1. The average molecular weight is 242 g/mol. The number of halogens is 1. The highest BCUT2D eigenvalue weighted by Gasteiger charge is 2.17. The molecule has 0 saturated carbocycles. The van der Waals surface area contributed by atoms with Gasteiger partial charge in [0.15, 0.2) is 0 Å². The summed E-state index contributed by atoms with van der Waals surface area (Å²) in [6, 6.07) is 6.75. The van der Waals surface area contributed by atoms with Crippen LogP contribution >= 0.6 is 11.6 Å². The predicted octanol–water partition coefficient (Wildman–Crippen LogP) is 1.69. The molecule has 1 atom stereocenters. The second kappa shape index (κ2) is 5.51. The van der Waals surface area contributed by atoms with Crippen molar-refractivity contribution in [3.63, 3.8) is 0 Å². The van der Waals surface area contributed by atoms with E-state index >= 15 is 0 Å². The van der Waals surface area contributed by atoms with Crippen LogP contribution in [0.4, 0.5) is 0 Å². The lowest BCUT2D eigenvalue weighted by atomic mass is 10.1. The van der Waals surface area contributed by atoms with Crippen LogP contribution in [0.25, 0.3) is 0 Å². The maximum absolute atomic E-state index is 11.2. The molecule has 5 heteroatoms. The van der Waals surface area contributed by atoms with Gasteiger partial charge in [0.05, 0.1) is 13.2 Å². The number of hydrogen-bond acceptors (Lipinski definition) is 3. The zero-order chi connectivity index (χ0) is 12.1. The third-order valence-corrected chi connectivity index (χ3v) is 2.30. The minimum absolute atomic E-state index is 0.301. The van der Waals surface area contributed by atoms with Crippen LogP contribution in [0.3, 0.4) is 0 Å². The first-order valence-electron chi connectivity index (χ1n) is 4.69. The molecule has 0 saturated heterocycles. The summed E-state index contributed by atoms with van der Waals surface area (Å²) in [4.78, 5) is 22.1. The largest absolute Gasteiger partial charge is 0.462 e. The van der Waals surface area contributed by atoms with Crippen LogP contribution < -0.4 is 5.32 Å². The Bertz CT molecular complexity index is 406. The summed E-state index contributed by atoms with van der Waals surface area (Å²) < 4.78 is 4.30. The number of carbonyl (C=O) groups excluding carboxylic acids is 2. The Morgan fingerprint density at radius 3 is 2.69 bits per heavy atom. The minimum Gasteiger partial charge on any atom is -0.462 e. The van der Waals surface area contributed by atoms with E-state index in [1.165, 1.54) is 0 Å². The Morgan fingerprint density at radius 2 is 2.12 bits per heavy atom. The minimum atomic E-state index is -0.908. The van der Waals surface area contributed by atoms with Gasteiger partial charge >= 0.3 is 11.9 Å². The molecule has 1 aromatic carbocycles. The van der Waals surface area contributed by atoms with Gasteiger partial charge in [0.2, 0.25) is 0 Å². The number of methoxy groups -OCH3 is 1. The summed E-state index contributed by atoms with van der Waals surface area (Å²) in [7, 11) is 1.16. The van der Waals surface area contributed by atoms with Gasteiger partial charge in [0.25, 0.3) is 0 Å². The summed E-state index contributed by atoms with van der Waals surface area (Å²) >= 11 is 5.81. The SMILES string of the molecule is COC(=O)C(=O)NC(C)c1cccc(Cl)c1. The molecule has 0 heterocycles. The van der Waals surface area contributed by atoms with E-state index in [9.17, 15) is 9.59 Å². The van der Waals surface area contributed by atoms with Crippen molar-refractivity contribution < 1.29 is 14.3 Å². The zero-order valence-corrected chi connectivity index (χ0v) is 9.75. The quantitative estimate of drug-likeness (QED) is 0.633. The molecule has 0 bridgehead atoms. The number of carbonyl (C=O) groups is 2. The third kappa shape index (κ3) is 3.24. The molecule has 1 amide bonds. The molecular weight excluding hydrogens is 230 g/mol. The van der Waals surface area contributed by atoms with Crippen LogP contribution in [0.5, 0.6) is 0 Å². The molecule has 16 heavy (non-hydrogen) atoms. The first-order chi connectivity index (χ1) is 7.54. The van der Waals surface area contributed by atoms with Gasteiger partial charge in [-0.25, -0.2) is 4.79 Å². The maximum atomic E-state index is 11.2. The maximum Gasteiger partial charge on any atom is 0.396 e.